The first-order valence-electron chi connectivity index (χ1n) is 11.4. The highest BCUT2D eigenvalue weighted by molar-refractivity contribution is 7.90. The molecule has 1 aliphatic carbocycles. The smallest absolute Gasteiger partial charge is 0.147 e. The Bertz CT molecular complexity index is 760. The number of para-hydroxylation sites is 1. The third-order valence-electron chi connectivity index (χ3n) is 7.03. The normalized spacial score (nSPS) is 23.8. The second-order valence-electron chi connectivity index (χ2n) is 10.3. The van der Waals surface area contributed by atoms with Crippen LogP contribution in [0.5, 0.6) is 0 Å². The van der Waals surface area contributed by atoms with Crippen molar-refractivity contribution in [3.8, 4) is 0 Å². The van der Waals surface area contributed by atoms with Crippen molar-refractivity contribution in [3.63, 3.8) is 0 Å². The van der Waals surface area contributed by atoms with Crippen LogP contribution < -0.4 is 4.90 Å². The molecular formula is C24H41ClN2O2S. The minimum absolute atomic E-state index is 0. The van der Waals surface area contributed by atoms with Gasteiger partial charge in [-0.3, -0.25) is 4.90 Å². The number of benzene rings is 1. The van der Waals surface area contributed by atoms with Crippen molar-refractivity contribution >= 4 is 27.9 Å². The summed E-state index contributed by atoms with van der Waals surface area (Å²) >= 11 is 0. The average Bonchev–Trinajstić information content (AvgIpc) is 2.67. The van der Waals surface area contributed by atoms with Gasteiger partial charge in [0.15, 0.2) is 0 Å². The molecule has 0 unspecified atom stereocenters. The summed E-state index contributed by atoms with van der Waals surface area (Å²) < 4.78 is 22.7. The summed E-state index contributed by atoms with van der Waals surface area (Å²) in [6, 6.07) is 9.05. The topological polar surface area (TPSA) is 40.6 Å². The lowest BCUT2D eigenvalue weighted by atomic mass is 9.68. The molecule has 30 heavy (non-hydrogen) atoms. The summed E-state index contributed by atoms with van der Waals surface area (Å²) in [5.74, 6) is 1.84. The van der Waals surface area contributed by atoms with E-state index < -0.39 is 9.84 Å². The second kappa shape index (κ2) is 10.7. The van der Waals surface area contributed by atoms with Crippen LogP contribution in [0.4, 0.5) is 5.69 Å². The van der Waals surface area contributed by atoms with E-state index in [0.717, 1.165) is 45.1 Å². The Labute approximate surface area is 190 Å². The fourth-order valence-corrected chi connectivity index (χ4v) is 5.81. The summed E-state index contributed by atoms with van der Waals surface area (Å²) in [6.45, 7) is 12.2. The number of sulfone groups is 1. The quantitative estimate of drug-likeness (QED) is 0.604. The number of halogens is 1. The maximum Gasteiger partial charge on any atom is 0.147 e. The first kappa shape index (κ1) is 25.5. The fraction of sp³-hybridized carbons (Fsp3) is 0.750. The second-order valence-corrected chi connectivity index (χ2v) is 12.5. The van der Waals surface area contributed by atoms with Crippen LogP contribution in [0.2, 0.25) is 0 Å². The molecule has 172 valence electrons. The lowest BCUT2D eigenvalue weighted by Crippen LogP contribution is -2.47. The average molecular weight is 457 g/mol. The fourth-order valence-electron chi connectivity index (χ4n) is 5.15. The number of hydrogen-bond donors (Lipinski definition) is 0. The van der Waals surface area contributed by atoms with E-state index in [-0.39, 0.29) is 12.4 Å². The van der Waals surface area contributed by atoms with E-state index in [9.17, 15) is 8.42 Å². The molecule has 0 amide bonds. The van der Waals surface area contributed by atoms with Gasteiger partial charge in [0.1, 0.15) is 9.84 Å². The molecule has 0 atom stereocenters. The highest BCUT2D eigenvalue weighted by Crippen LogP contribution is 2.45. The minimum atomic E-state index is -2.85. The Morgan fingerprint density at radius 3 is 2.13 bits per heavy atom. The molecule has 2 aliphatic rings. The van der Waals surface area contributed by atoms with Gasteiger partial charge in [0.2, 0.25) is 0 Å². The van der Waals surface area contributed by atoms with Gasteiger partial charge in [0, 0.05) is 38.1 Å². The molecule has 1 heterocycles. The summed E-state index contributed by atoms with van der Waals surface area (Å²) in [4.78, 5) is 4.97. The molecule has 4 nitrogen and oxygen atoms in total. The van der Waals surface area contributed by atoms with Crippen molar-refractivity contribution in [1.29, 1.82) is 0 Å². The van der Waals surface area contributed by atoms with E-state index in [1.54, 1.807) is 5.56 Å². The van der Waals surface area contributed by atoms with Crippen LogP contribution in [0.3, 0.4) is 0 Å². The molecule has 6 heteroatoms. The molecule has 1 aliphatic heterocycles. The third kappa shape index (κ3) is 7.13. The van der Waals surface area contributed by atoms with E-state index in [1.165, 1.54) is 37.6 Å². The Kier molecular flexibility index (Phi) is 9.08. The van der Waals surface area contributed by atoms with Gasteiger partial charge < -0.3 is 4.90 Å². The highest BCUT2D eigenvalue weighted by Gasteiger charge is 2.31. The van der Waals surface area contributed by atoms with E-state index >= 15 is 0 Å². The number of anilines is 1. The number of hydrogen-bond acceptors (Lipinski definition) is 4. The maximum atomic E-state index is 11.3. The summed E-state index contributed by atoms with van der Waals surface area (Å²) in [6.07, 6.45) is 7.38. The zero-order valence-electron chi connectivity index (χ0n) is 19.3. The van der Waals surface area contributed by atoms with Crippen LogP contribution in [0, 0.1) is 11.3 Å². The largest absolute Gasteiger partial charge is 0.369 e. The minimum Gasteiger partial charge on any atom is -0.369 e. The zero-order valence-corrected chi connectivity index (χ0v) is 20.9. The van der Waals surface area contributed by atoms with Gasteiger partial charge in [0.05, 0.1) is 5.75 Å². The molecule has 1 aromatic carbocycles. The molecule has 1 aromatic rings. The summed E-state index contributed by atoms with van der Waals surface area (Å²) in [5.41, 5.74) is 3.41. The molecule has 1 saturated carbocycles. The molecule has 1 saturated heterocycles. The molecule has 0 radical (unpaired) electrons. The van der Waals surface area contributed by atoms with Crippen LogP contribution in [-0.4, -0.2) is 58.1 Å². The zero-order chi connectivity index (χ0) is 21.1. The van der Waals surface area contributed by atoms with Gasteiger partial charge in [-0.15, -0.1) is 12.4 Å². The Morgan fingerprint density at radius 2 is 1.57 bits per heavy atom. The number of piperazine rings is 1. The van der Waals surface area contributed by atoms with Crippen LogP contribution in [0.25, 0.3) is 0 Å². The van der Waals surface area contributed by atoms with Crippen molar-refractivity contribution in [3.05, 3.63) is 29.8 Å². The van der Waals surface area contributed by atoms with Crippen molar-refractivity contribution in [1.82, 2.24) is 4.90 Å². The predicted octanol–water partition coefficient (Wildman–Crippen LogP) is 4.99. The number of nitrogens with zero attached hydrogens (tertiary/aromatic N) is 2. The van der Waals surface area contributed by atoms with Gasteiger partial charge in [0.25, 0.3) is 0 Å². The molecular weight excluding hydrogens is 416 g/mol. The van der Waals surface area contributed by atoms with Gasteiger partial charge in [-0.1, -0.05) is 39.0 Å². The lowest BCUT2D eigenvalue weighted by Gasteiger charge is -2.40. The Hall–Kier alpha value is -0.780. The molecule has 0 aromatic heterocycles. The van der Waals surface area contributed by atoms with Crippen molar-refractivity contribution < 1.29 is 8.42 Å². The van der Waals surface area contributed by atoms with Gasteiger partial charge in [-0.2, -0.15) is 0 Å². The van der Waals surface area contributed by atoms with Gasteiger partial charge in [-0.05, 0) is 67.5 Å². The first-order chi connectivity index (χ1) is 13.6. The van der Waals surface area contributed by atoms with Crippen molar-refractivity contribution in [2.24, 2.45) is 11.3 Å². The van der Waals surface area contributed by atoms with Crippen LogP contribution >= 0.6 is 12.4 Å². The Balaban J connectivity index is 0.00000320. The van der Waals surface area contributed by atoms with Crippen LogP contribution in [-0.2, 0) is 9.84 Å². The monoisotopic (exact) mass is 456 g/mol. The Morgan fingerprint density at radius 1 is 0.967 bits per heavy atom. The van der Waals surface area contributed by atoms with Crippen molar-refractivity contribution in [2.45, 2.75) is 58.8 Å². The number of rotatable bonds is 6. The molecule has 0 spiro atoms. The van der Waals surface area contributed by atoms with E-state index in [0.29, 0.717) is 17.1 Å². The predicted molar refractivity (Wildman–Crippen MR) is 131 cm³/mol. The maximum absolute atomic E-state index is 11.3. The standard InChI is InChI=1S/C24H40N2O2S.ClH/c1-24(2,3)21-12-10-20(11-13-21)22-8-5-6-9-23(22)26-17-15-25(16-18-26)14-7-19-29(4,27)28;/h5-6,8-9,20-21H,7,10-19H2,1-4H3;1H. The lowest BCUT2D eigenvalue weighted by molar-refractivity contribution is 0.169. The van der Waals surface area contributed by atoms with Gasteiger partial charge in [-0.25, -0.2) is 8.42 Å². The summed E-state index contributed by atoms with van der Waals surface area (Å²) in [7, 11) is -2.85. The van der Waals surface area contributed by atoms with Crippen LogP contribution in [0.1, 0.15) is 64.4 Å². The molecule has 2 fully saturated rings. The first-order valence-corrected chi connectivity index (χ1v) is 13.4. The van der Waals surface area contributed by atoms with Gasteiger partial charge >= 0.3 is 0 Å². The third-order valence-corrected chi connectivity index (χ3v) is 8.06. The van der Waals surface area contributed by atoms with E-state index in [4.69, 9.17) is 0 Å². The van der Waals surface area contributed by atoms with Crippen LogP contribution in [0.15, 0.2) is 24.3 Å². The van der Waals surface area contributed by atoms with Crippen molar-refractivity contribution in [2.75, 3.05) is 49.6 Å². The molecule has 0 N–H and O–H groups in total. The SMILES string of the molecule is CC(C)(C)C1CCC(c2ccccc2N2CCN(CCCS(C)(=O)=O)CC2)CC1.Cl. The van der Waals surface area contributed by atoms with E-state index in [2.05, 4.69) is 54.8 Å². The van der Waals surface area contributed by atoms with E-state index in [1.807, 2.05) is 0 Å². The molecule has 3 rings (SSSR count). The highest BCUT2D eigenvalue weighted by atomic mass is 35.5. The summed E-state index contributed by atoms with van der Waals surface area (Å²) in [5, 5.41) is 0. The molecule has 0 bridgehead atoms.